The lowest BCUT2D eigenvalue weighted by Crippen LogP contribution is -2.24. The number of hydrogen-bond acceptors (Lipinski definition) is 5. The number of nitrogens with zero attached hydrogens (tertiary/aromatic N) is 2. The van der Waals surface area contributed by atoms with Gasteiger partial charge >= 0.3 is 0 Å². The van der Waals surface area contributed by atoms with E-state index in [0.717, 1.165) is 5.56 Å². The van der Waals surface area contributed by atoms with Crippen molar-refractivity contribution in [3.8, 4) is 0 Å². The molecule has 0 aliphatic carbocycles. The number of carbonyl (C=O) groups is 1. The van der Waals surface area contributed by atoms with E-state index in [0.29, 0.717) is 29.4 Å². The monoisotopic (exact) mass is 235 g/mol. The van der Waals surface area contributed by atoms with E-state index in [2.05, 4.69) is 20.7 Å². The number of H-pyrrole nitrogens is 1. The van der Waals surface area contributed by atoms with Crippen LogP contribution in [0.2, 0.25) is 0 Å². The van der Waals surface area contributed by atoms with Crippen LogP contribution in [0.5, 0.6) is 0 Å². The predicted octanol–water partition coefficient (Wildman–Crippen LogP) is 0.527. The van der Waals surface area contributed by atoms with E-state index in [-0.39, 0.29) is 5.91 Å². The van der Waals surface area contributed by atoms with Crippen LogP contribution in [0.25, 0.3) is 0 Å². The number of carbonyl (C=O) groups excluding carboxylic acids is 1. The second kappa shape index (κ2) is 4.28. The minimum atomic E-state index is -0.234. The van der Waals surface area contributed by atoms with Gasteiger partial charge < -0.3 is 15.6 Å². The molecule has 0 saturated carbocycles. The number of nitrogens with one attached hydrogen (secondary N) is 2. The normalized spacial score (nSPS) is 10.5. The number of amides is 1. The second-order valence-electron chi connectivity index (χ2n) is 3.69. The van der Waals surface area contributed by atoms with Gasteiger partial charge in [-0.05, 0) is 13.8 Å². The first-order chi connectivity index (χ1) is 8.09. The van der Waals surface area contributed by atoms with Crippen molar-refractivity contribution in [1.82, 2.24) is 20.7 Å². The van der Waals surface area contributed by atoms with Gasteiger partial charge in [0.25, 0.3) is 5.91 Å². The maximum Gasteiger partial charge on any atom is 0.257 e. The van der Waals surface area contributed by atoms with Gasteiger partial charge in [0.2, 0.25) is 0 Å². The molecule has 0 saturated heterocycles. The van der Waals surface area contributed by atoms with Crippen molar-refractivity contribution in [3.05, 3.63) is 28.8 Å². The standard InChI is InChI=1S/C10H13N5O2/c1-5-8(6(2)17-15-5)10(16)12-3-7-4-13-14-9(7)11/h4H,3H2,1-2H3,(H,12,16)(H3,11,13,14). The van der Waals surface area contributed by atoms with Crippen LogP contribution < -0.4 is 11.1 Å². The number of nitrogens with two attached hydrogens (primary N) is 1. The number of aromatic amines is 1. The van der Waals surface area contributed by atoms with E-state index in [4.69, 9.17) is 10.3 Å². The SMILES string of the molecule is Cc1noc(C)c1C(=O)NCc1cn[nH]c1N. The number of aryl methyl sites for hydroxylation is 2. The summed E-state index contributed by atoms with van der Waals surface area (Å²) in [6.45, 7) is 3.73. The van der Waals surface area contributed by atoms with Gasteiger partial charge in [0.15, 0.2) is 0 Å². The number of aromatic nitrogens is 3. The molecule has 4 N–H and O–H groups in total. The van der Waals surface area contributed by atoms with Gasteiger partial charge in [-0.3, -0.25) is 9.89 Å². The molecule has 2 heterocycles. The Morgan fingerprint density at radius 3 is 2.88 bits per heavy atom. The Bertz CT molecular complexity index is 523. The summed E-state index contributed by atoms with van der Waals surface area (Å²) in [5.74, 6) is 0.714. The zero-order valence-corrected chi connectivity index (χ0v) is 9.57. The van der Waals surface area contributed by atoms with E-state index in [1.165, 1.54) is 0 Å². The van der Waals surface area contributed by atoms with E-state index >= 15 is 0 Å². The summed E-state index contributed by atoms with van der Waals surface area (Å²) in [7, 11) is 0. The molecule has 7 heteroatoms. The molecule has 0 spiro atoms. The van der Waals surface area contributed by atoms with Gasteiger partial charge in [0.1, 0.15) is 17.1 Å². The van der Waals surface area contributed by atoms with Crippen LogP contribution in [0.4, 0.5) is 5.82 Å². The van der Waals surface area contributed by atoms with Crippen LogP contribution in [0, 0.1) is 13.8 Å². The van der Waals surface area contributed by atoms with Crippen LogP contribution in [0.15, 0.2) is 10.7 Å². The second-order valence-corrected chi connectivity index (χ2v) is 3.69. The summed E-state index contributed by atoms with van der Waals surface area (Å²) in [5, 5.41) is 12.8. The fourth-order valence-corrected chi connectivity index (χ4v) is 1.53. The van der Waals surface area contributed by atoms with Gasteiger partial charge in [0.05, 0.1) is 11.9 Å². The van der Waals surface area contributed by atoms with Crippen molar-refractivity contribution in [2.24, 2.45) is 0 Å². The molecule has 0 atom stereocenters. The van der Waals surface area contributed by atoms with E-state index in [1.807, 2.05) is 0 Å². The molecule has 17 heavy (non-hydrogen) atoms. The summed E-state index contributed by atoms with van der Waals surface area (Å²) in [6, 6.07) is 0. The highest BCUT2D eigenvalue weighted by Crippen LogP contribution is 2.12. The molecule has 0 radical (unpaired) electrons. The van der Waals surface area contributed by atoms with Crippen molar-refractivity contribution in [3.63, 3.8) is 0 Å². The summed E-state index contributed by atoms with van der Waals surface area (Å²) in [6.07, 6.45) is 1.57. The van der Waals surface area contributed by atoms with Crippen LogP contribution in [0.3, 0.4) is 0 Å². The van der Waals surface area contributed by atoms with Gasteiger partial charge in [-0.25, -0.2) is 0 Å². The topological polar surface area (TPSA) is 110 Å². The maximum atomic E-state index is 11.9. The zero-order chi connectivity index (χ0) is 12.4. The lowest BCUT2D eigenvalue weighted by Gasteiger charge is -2.03. The van der Waals surface area contributed by atoms with Crippen LogP contribution in [-0.4, -0.2) is 21.3 Å². The van der Waals surface area contributed by atoms with Crippen LogP contribution in [0.1, 0.15) is 27.4 Å². The zero-order valence-electron chi connectivity index (χ0n) is 9.57. The summed E-state index contributed by atoms with van der Waals surface area (Å²) in [5.41, 5.74) is 7.38. The third-order valence-electron chi connectivity index (χ3n) is 2.45. The third kappa shape index (κ3) is 2.12. The summed E-state index contributed by atoms with van der Waals surface area (Å²) in [4.78, 5) is 11.9. The van der Waals surface area contributed by atoms with Crippen LogP contribution >= 0.6 is 0 Å². The molecular formula is C10H13N5O2. The summed E-state index contributed by atoms with van der Waals surface area (Å²) < 4.78 is 4.92. The molecule has 0 fully saturated rings. The van der Waals surface area contributed by atoms with E-state index in [9.17, 15) is 4.79 Å². The highest BCUT2D eigenvalue weighted by Gasteiger charge is 2.17. The number of nitrogen functional groups attached to an aromatic ring is 1. The van der Waals surface area contributed by atoms with E-state index < -0.39 is 0 Å². The van der Waals surface area contributed by atoms with Crippen molar-refractivity contribution in [2.75, 3.05) is 5.73 Å². The summed E-state index contributed by atoms with van der Waals surface area (Å²) >= 11 is 0. The fraction of sp³-hybridized carbons (Fsp3) is 0.300. The number of hydrogen-bond donors (Lipinski definition) is 3. The number of anilines is 1. The van der Waals surface area contributed by atoms with Crippen molar-refractivity contribution >= 4 is 11.7 Å². The Morgan fingerprint density at radius 2 is 2.35 bits per heavy atom. The molecule has 0 bridgehead atoms. The minimum Gasteiger partial charge on any atom is -0.384 e. The highest BCUT2D eigenvalue weighted by atomic mass is 16.5. The highest BCUT2D eigenvalue weighted by molar-refractivity contribution is 5.96. The molecule has 0 aliphatic heterocycles. The molecule has 0 aliphatic rings. The first-order valence-electron chi connectivity index (χ1n) is 5.08. The average Bonchev–Trinajstić information content (AvgIpc) is 2.83. The lowest BCUT2D eigenvalue weighted by atomic mass is 10.2. The third-order valence-corrected chi connectivity index (χ3v) is 2.45. The largest absolute Gasteiger partial charge is 0.384 e. The van der Waals surface area contributed by atoms with Gasteiger partial charge in [0, 0.05) is 12.1 Å². The smallest absolute Gasteiger partial charge is 0.257 e. The average molecular weight is 235 g/mol. The molecule has 90 valence electrons. The van der Waals surface area contributed by atoms with Gasteiger partial charge in [-0.1, -0.05) is 5.16 Å². The minimum absolute atomic E-state index is 0.234. The molecule has 2 aromatic rings. The Kier molecular flexibility index (Phi) is 2.82. The maximum absolute atomic E-state index is 11.9. The first-order valence-corrected chi connectivity index (χ1v) is 5.08. The Labute approximate surface area is 97.4 Å². The molecule has 2 aromatic heterocycles. The molecule has 2 rings (SSSR count). The molecular weight excluding hydrogens is 222 g/mol. The predicted molar refractivity (Wildman–Crippen MR) is 60.1 cm³/mol. The molecule has 0 aromatic carbocycles. The molecule has 1 amide bonds. The van der Waals surface area contributed by atoms with Crippen molar-refractivity contribution in [2.45, 2.75) is 20.4 Å². The van der Waals surface area contributed by atoms with Crippen LogP contribution in [-0.2, 0) is 6.54 Å². The fourth-order valence-electron chi connectivity index (χ4n) is 1.53. The first kappa shape index (κ1) is 11.2. The van der Waals surface area contributed by atoms with Crippen molar-refractivity contribution < 1.29 is 9.32 Å². The Hall–Kier alpha value is -2.31. The van der Waals surface area contributed by atoms with E-state index in [1.54, 1.807) is 20.0 Å². The van der Waals surface area contributed by atoms with Gasteiger partial charge in [-0.15, -0.1) is 0 Å². The Balaban J connectivity index is 2.06. The quantitative estimate of drug-likeness (QED) is 0.718. The molecule has 7 nitrogen and oxygen atoms in total. The lowest BCUT2D eigenvalue weighted by molar-refractivity contribution is 0.0949. The number of rotatable bonds is 3. The molecule has 0 unspecified atom stereocenters. The van der Waals surface area contributed by atoms with Gasteiger partial charge in [-0.2, -0.15) is 5.10 Å². The van der Waals surface area contributed by atoms with Crippen molar-refractivity contribution in [1.29, 1.82) is 0 Å². The Morgan fingerprint density at radius 1 is 1.59 bits per heavy atom.